The van der Waals surface area contributed by atoms with E-state index in [1.807, 2.05) is 24.0 Å². The fourth-order valence-electron chi connectivity index (χ4n) is 3.25. The number of nitrogens with one attached hydrogen (secondary N) is 1. The zero-order chi connectivity index (χ0) is 16.2. The van der Waals surface area contributed by atoms with Gasteiger partial charge >= 0.3 is 6.03 Å². The second-order valence-corrected chi connectivity index (χ2v) is 5.86. The largest absolute Gasteiger partial charge is 0.322 e. The summed E-state index contributed by atoms with van der Waals surface area (Å²) in [5.41, 5.74) is 2.74. The standard InChI is InChI=1S/C19H21FN2O/c1-2-13-22(18-12-11-14-7-3-4-8-15(14)18)19(23)21-17-10-6-5-9-16(17)20/h3-10,18H,2,11-13H2,1H3,(H,21,23). The molecule has 0 aromatic heterocycles. The molecule has 0 radical (unpaired) electrons. The number of carbonyl (C=O) groups excluding carboxylic acids is 1. The molecule has 2 aromatic rings. The van der Waals surface area contributed by atoms with Gasteiger partial charge in [0.15, 0.2) is 0 Å². The van der Waals surface area contributed by atoms with Gasteiger partial charge in [0.25, 0.3) is 0 Å². The normalized spacial score (nSPS) is 16.0. The lowest BCUT2D eigenvalue weighted by Gasteiger charge is -2.29. The number of rotatable bonds is 4. The van der Waals surface area contributed by atoms with Crippen molar-refractivity contribution in [1.82, 2.24) is 4.90 Å². The number of aryl methyl sites for hydroxylation is 1. The monoisotopic (exact) mass is 312 g/mol. The zero-order valence-corrected chi connectivity index (χ0v) is 13.3. The third kappa shape index (κ3) is 3.21. The fraction of sp³-hybridized carbons (Fsp3) is 0.316. The first-order chi connectivity index (χ1) is 11.2. The summed E-state index contributed by atoms with van der Waals surface area (Å²) in [7, 11) is 0. The smallest absolute Gasteiger partial charge is 0.317 e. The molecule has 0 saturated carbocycles. The van der Waals surface area contributed by atoms with E-state index < -0.39 is 5.82 Å². The third-order valence-electron chi connectivity index (χ3n) is 4.32. The molecule has 0 saturated heterocycles. The minimum atomic E-state index is -0.413. The predicted molar refractivity (Wildman–Crippen MR) is 89.9 cm³/mol. The van der Waals surface area contributed by atoms with Crippen molar-refractivity contribution in [2.75, 3.05) is 11.9 Å². The van der Waals surface area contributed by atoms with Gasteiger partial charge in [-0.3, -0.25) is 0 Å². The summed E-state index contributed by atoms with van der Waals surface area (Å²) in [6.45, 7) is 2.70. The van der Waals surface area contributed by atoms with Gasteiger partial charge in [0.05, 0.1) is 11.7 Å². The maximum atomic E-state index is 13.8. The van der Waals surface area contributed by atoms with Gasteiger partial charge in [-0.15, -0.1) is 0 Å². The topological polar surface area (TPSA) is 32.3 Å². The number of benzene rings is 2. The van der Waals surface area contributed by atoms with Crippen LogP contribution in [0.25, 0.3) is 0 Å². The Morgan fingerprint density at radius 3 is 2.74 bits per heavy atom. The average molecular weight is 312 g/mol. The van der Waals surface area contributed by atoms with E-state index in [2.05, 4.69) is 17.4 Å². The summed E-state index contributed by atoms with van der Waals surface area (Å²) in [6.07, 6.45) is 2.77. The van der Waals surface area contributed by atoms with Crippen molar-refractivity contribution in [3.8, 4) is 0 Å². The third-order valence-corrected chi connectivity index (χ3v) is 4.32. The number of hydrogen-bond acceptors (Lipinski definition) is 1. The quantitative estimate of drug-likeness (QED) is 0.867. The van der Waals surface area contributed by atoms with Crippen molar-refractivity contribution in [3.05, 3.63) is 65.5 Å². The van der Waals surface area contributed by atoms with Gasteiger partial charge in [-0.2, -0.15) is 0 Å². The molecule has 3 rings (SSSR count). The van der Waals surface area contributed by atoms with Crippen molar-refractivity contribution in [2.45, 2.75) is 32.2 Å². The number of amides is 2. The molecule has 1 atom stereocenters. The highest BCUT2D eigenvalue weighted by molar-refractivity contribution is 5.89. The maximum absolute atomic E-state index is 13.8. The number of nitrogens with zero attached hydrogens (tertiary/aromatic N) is 1. The van der Waals surface area contributed by atoms with Gasteiger partial charge in [0.1, 0.15) is 5.82 Å². The lowest BCUT2D eigenvalue weighted by molar-refractivity contribution is 0.187. The summed E-state index contributed by atoms with van der Waals surface area (Å²) in [4.78, 5) is 14.5. The number of carbonyl (C=O) groups is 1. The Bertz CT molecular complexity index is 701. The van der Waals surface area contributed by atoms with Crippen LogP contribution in [0.1, 0.15) is 36.9 Å². The molecule has 1 aliphatic rings. The average Bonchev–Trinajstić information content (AvgIpc) is 2.98. The minimum Gasteiger partial charge on any atom is -0.317 e. The lowest BCUT2D eigenvalue weighted by Crippen LogP contribution is -2.38. The number of urea groups is 1. The highest BCUT2D eigenvalue weighted by Gasteiger charge is 2.30. The van der Waals surface area contributed by atoms with Gasteiger partial charge in [0.2, 0.25) is 0 Å². The van der Waals surface area contributed by atoms with Crippen LogP contribution in [0.15, 0.2) is 48.5 Å². The molecule has 23 heavy (non-hydrogen) atoms. The molecule has 2 amide bonds. The lowest BCUT2D eigenvalue weighted by atomic mass is 10.1. The SMILES string of the molecule is CCCN(C(=O)Nc1ccccc1F)C1CCc2ccccc21. The van der Waals surface area contributed by atoms with Crippen LogP contribution in [0.4, 0.5) is 14.9 Å². The fourth-order valence-corrected chi connectivity index (χ4v) is 3.25. The first-order valence-corrected chi connectivity index (χ1v) is 8.10. The van der Waals surface area contributed by atoms with Crippen LogP contribution < -0.4 is 5.32 Å². The van der Waals surface area contributed by atoms with Crippen LogP contribution in [0.5, 0.6) is 0 Å². The molecule has 0 bridgehead atoms. The Morgan fingerprint density at radius 1 is 1.22 bits per heavy atom. The zero-order valence-electron chi connectivity index (χ0n) is 13.3. The molecule has 1 aliphatic carbocycles. The van der Waals surface area contributed by atoms with Crippen LogP contribution in [0.3, 0.4) is 0 Å². The molecule has 1 unspecified atom stereocenters. The molecule has 0 aliphatic heterocycles. The van der Waals surface area contributed by atoms with Gasteiger partial charge in [-0.25, -0.2) is 9.18 Å². The highest BCUT2D eigenvalue weighted by Crippen LogP contribution is 2.36. The minimum absolute atomic E-state index is 0.0675. The number of halogens is 1. The van der Waals surface area contributed by atoms with E-state index in [0.29, 0.717) is 6.54 Å². The van der Waals surface area contributed by atoms with Crippen LogP contribution >= 0.6 is 0 Å². The Balaban J connectivity index is 1.82. The molecule has 0 fully saturated rings. The van der Waals surface area contributed by atoms with Gasteiger partial charge in [0, 0.05) is 6.54 Å². The Hall–Kier alpha value is -2.36. The highest BCUT2D eigenvalue weighted by atomic mass is 19.1. The molecule has 120 valence electrons. The molecule has 4 heteroatoms. The number of para-hydroxylation sites is 1. The van der Waals surface area contributed by atoms with Crippen LogP contribution in [-0.2, 0) is 6.42 Å². The number of fused-ring (bicyclic) bond motifs is 1. The maximum Gasteiger partial charge on any atom is 0.322 e. The molecule has 0 heterocycles. The Morgan fingerprint density at radius 2 is 1.96 bits per heavy atom. The van der Waals surface area contributed by atoms with Gasteiger partial charge in [-0.05, 0) is 42.5 Å². The van der Waals surface area contributed by atoms with Crippen molar-refractivity contribution >= 4 is 11.7 Å². The summed E-state index contributed by atoms with van der Waals surface area (Å²) < 4.78 is 13.8. The summed E-state index contributed by atoms with van der Waals surface area (Å²) in [5, 5.41) is 2.71. The predicted octanol–water partition coefficient (Wildman–Crippen LogP) is 4.76. The molecular weight excluding hydrogens is 291 g/mol. The summed E-state index contributed by atoms with van der Waals surface area (Å²) in [6, 6.07) is 14.3. The van der Waals surface area contributed by atoms with Crippen LogP contribution in [-0.4, -0.2) is 17.5 Å². The van der Waals surface area contributed by atoms with E-state index in [0.717, 1.165) is 19.3 Å². The van der Waals surface area contributed by atoms with Crippen molar-refractivity contribution < 1.29 is 9.18 Å². The summed E-state index contributed by atoms with van der Waals surface area (Å²) in [5.74, 6) is -0.413. The molecule has 1 N–H and O–H groups in total. The van der Waals surface area contributed by atoms with Crippen molar-refractivity contribution in [1.29, 1.82) is 0 Å². The van der Waals surface area contributed by atoms with E-state index in [9.17, 15) is 9.18 Å². The first kappa shape index (κ1) is 15.5. The van der Waals surface area contributed by atoms with Crippen LogP contribution in [0, 0.1) is 5.82 Å². The van der Waals surface area contributed by atoms with Crippen LogP contribution in [0.2, 0.25) is 0 Å². The van der Waals surface area contributed by atoms with E-state index in [1.54, 1.807) is 18.2 Å². The number of anilines is 1. The Kier molecular flexibility index (Phi) is 4.60. The first-order valence-electron chi connectivity index (χ1n) is 8.10. The second kappa shape index (κ2) is 6.82. The van der Waals surface area contributed by atoms with E-state index in [1.165, 1.54) is 17.2 Å². The second-order valence-electron chi connectivity index (χ2n) is 5.86. The van der Waals surface area contributed by atoms with Gasteiger partial charge in [-0.1, -0.05) is 43.3 Å². The molecule has 2 aromatic carbocycles. The molecule has 3 nitrogen and oxygen atoms in total. The van der Waals surface area contributed by atoms with Crippen molar-refractivity contribution in [3.63, 3.8) is 0 Å². The van der Waals surface area contributed by atoms with Gasteiger partial charge < -0.3 is 10.2 Å². The number of hydrogen-bond donors (Lipinski definition) is 1. The Labute approximate surface area is 136 Å². The van der Waals surface area contributed by atoms with Crippen molar-refractivity contribution in [2.24, 2.45) is 0 Å². The van der Waals surface area contributed by atoms with E-state index >= 15 is 0 Å². The van der Waals surface area contributed by atoms with E-state index in [-0.39, 0.29) is 17.8 Å². The molecular formula is C19H21FN2O. The van der Waals surface area contributed by atoms with E-state index in [4.69, 9.17) is 0 Å². The summed E-state index contributed by atoms with van der Waals surface area (Å²) >= 11 is 0. The molecule has 0 spiro atoms.